The van der Waals surface area contributed by atoms with Gasteiger partial charge in [0.15, 0.2) is 0 Å². The summed E-state index contributed by atoms with van der Waals surface area (Å²) in [5.74, 6) is 0. The molecule has 0 saturated heterocycles. The summed E-state index contributed by atoms with van der Waals surface area (Å²) in [5.41, 5.74) is 15.2. The lowest BCUT2D eigenvalue weighted by atomic mass is 9.96. The fourth-order valence-corrected chi connectivity index (χ4v) is 20.1. The summed E-state index contributed by atoms with van der Waals surface area (Å²) in [7, 11) is 0. The summed E-state index contributed by atoms with van der Waals surface area (Å²) in [6, 6.07) is 5.29. The Morgan fingerprint density at radius 3 is 1.13 bits per heavy atom. The van der Waals surface area contributed by atoms with E-state index in [4.69, 9.17) is 0 Å². The van der Waals surface area contributed by atoms with E-state index in [1.54, 1.807) is 22.3 Å². The molecule has 0 nitrogen and oxygen atoms in total. The van der Waals surface area contributed by atoms with Crippen molar-refractivity contribution in [3.05, 3.63) is 81.7 Å². The molecule has 0 atom stereocenters. The quantitative estimate of drug-likeness (QED) is 0.0789. The van der Waals surface area contributed by atoms with Crippen molar-refractivity contribution in [2.24, 2.45) is 0 Å². The van der Waals surface area contributed by atoms with Crippen molar-refractivity contribution in [3.8, 4) is 20.9 Å². The van der Waals surface area contributed by atoms with Crippen LogP contribution in [0.25, 0.3) is 32.0 Å². The van der Waals surface area contributed by atoms with Gasteiger partial charge in [0.1, 0.15) is 0 Å². The standard InChI is InChI=1S/C42H50S10/c1-7-9-11-13-15-17-19-25-23-47-35-29-22-28-30(21-27(29)33(31(25)35)37-49-39(43-3)40(44-4)50-37)36-32(26(24-48-36)20-18-16-14-12-10-8-2)34(28)38-51-41(45-5)42(46-6)52-38/h21-24H,7-20H2,1-6H3. The maximum atomic E-state index is 2.64. The highest BCUT2D eigenvalue weighted by Crippen LogP contribution is 2.66. The van der Waals surface area contributed by atoms with Crippen molar-refractivity contribution in [1.29, 1.82) is 0 Å². The van der Waals surface area contributed by atoms with Crippen LogP contribution in [0.2, 0.25) is 0 Å². The van der Waals surface area contributed by atoms with Gasteiger partial charge in [-0.2, -0.15) is 0 Å². The Labute approximate surface area is 355 Å². The van der Waals surface area contributed by atoms with Gasteiger partial charge in [0.2, 0.25) is 0 Å². The number of benzene rings is 1. The summed E-state index contributed by atoms with van der Waals surface area (Å²) in [6.45, 7) is 4.63. The number of thioether (sulfide) groups is 8. The number of thiophene rings is 2. The average molecular weight is 876 g/mol. The highest BCUT2D eigenvalue weighted by molar-refractivity contribution is 8.41. The third-order valence-corrected chi connectivity index (χ3v) is 22.8. The van der Waals surface area contributed by atoms with Crippen molar-refractivity contribution in [3.63, 3.8) is 0 Å². The first-order valence-electron chi connectivity index (χ1n) is 18.8. The zero-order valence-electron chi connectivity index (χ0n) is 31.3. The molecule has 0 radical (unpaired) electrons. The van der Waals surface area contributed by atoms with Crippen LogP contribution in [0.3, 0.4) is 0 Å². The molecule has 0 N–H and O–H groups in total. The Morgan fingerprint density at radius 1 is 0.442 bits per heavy atom. The van der Waals surface area contributed by atoms with E-state index >= 15 is 0 Å². The van der Waals surface area contributed by atoms with E-state index < -0.39 is 0 Å². The molecule has 7 rings (SSSR count). The fourth-order valence-electron chi connectivity index (χ4n) is 7.62. The monoisotopic (exact) mass is 874 g/mol. The smallest absolute Gasteiger partial charge is 0.0657 e. The van der Waals surface area contributed by atoms with Gasteiger partial charge in [-0.1, -0.05) is 125 Å². The summed E-state index contributed by atoms with van der Waals surface area (Å²) in [5, 5.41) is 5.04. The number of fused-ring (bicyclic) bond motifs is 6. The Hall–Kier alpha value is 0.380. The third kappa shape index (κ3) is 8.20. The second kappa shape index (κ2) is 19.2. The summed E-state index contributed by atoms with van der Waals surface area (Å²) < 4.78 is 8.84. The highest BCUT2D eigenvalue weighted by Gasteiger charge is 2.39. The molecule has 0 unspecified atom stereocenters. The van der Waals surface area contributed by atoms with Crippen LogP contribution in [0.1, 0.15) is 124 Å². The SMILES string of the molecule is CCCCCCCCc1csc2c1C(=C1SC(SC)=C(SC)S1)c1cc3c(cc1-2)C(=C1SC(SC)=C(SC)S1)c1c(CCCCCCCC)csc1-3. The topological polar surface area (TPSA) is 0 Å². The first-order chi connectivity index (χ1) is 25.6. The maximum absolute atomic E-state index is 2.64. The molecular formula is C42H50S10. The van der Waals surface area contributed by atoms with Gasteiger partial charge in [-0.05, 0) is 95.9 Å². The third-order valence-electron chi connectivity index (χ3n) is 10.2. The van der Waals surface area contributed by atoms with Gasteiger partial charge in [-0.3, -0.25) is 0 Å². The van der Waals surface area contributed by atoms with Crippen LogP contribution in [0.4, 0.5) is 0 Å². The fraction of sp³-hybridized carbons (Fsp3) is 0.476. The number of rotatable bonds is 18. The van der Waals surface area contributed by atoms with Crippen LogP contribution in [-0.4, -0.2) is 25.0 Å². The zero-order chi connectivity index (χ0) is 36.2. The van der Waals surface area contributed by atoms with Crippen molar-refractivity contribution >= 4 is 128 Å². The molecule has 2 aliphatic heterocycles. The van der Waals surface area contributed by atoms with E-state index in [2.05, 4.69) is 61.8 Å². The van der Waals surface area contributed by atoms with Crippen molar-refractivity contribution in [2.45, 2.75) is 104 Å². The normalized spacial score (nSPS) is 16.3. The lowest BCUT2D eigenvalue weighted by Gasteiger charge is -2.13. The van der Waals surface area contributed by atoms with Gasteiger partial charge in [-0.25, -0.2) is 0 Å². The van der Waals surface area contributed by atoms with E-state index in [0.29, 0.717) is 0 Å². The van der Waals surface area contributed by atoms with E-state index in [1.165, 1.54) is 158 Å². The molecule has 2 aliphatic carbocycles. The highest BCUT2D eigenvalue weighted by atomic mass is 32.3. The minimum absolute atomic E-state index is 1.19. The molecule has 278 valence electrons. The first kappa shape index (κ1) is 40.6. The second-order valence-corrected chi connectivity index (χ2v) is 24.3. The van der Waals surface area contributed by atoms with E-state index in [-0.39, 0.29) is 0 Å². The van der Waals surface area contributed by atoms with Crippen LogP contribution in [-0.2, 0) is 12.8 Å². The van der Waals surface area contributed by atoms with Gasteiger partial charge < -0.3 is 0 Å². The van der Waals surface area contributed by atoms with Gasteiger partial charge in [0.05, 0.1) is 25.4 Å². The van der Waals surface area contributed by atoms with Gasteiger partial charge >= 0.3 is 0 Å². The maximum Gasteiger partial charge on any atom is 0.0657 e. The first-order valence-corrected chi connectivity index (χ1v) is 28.7. The van der Waals surface area contributed by atoms with Crippen molar-refractivity contribution in [2.75, 3.05) is 25.0 Å². The second-order valence-electron chi connectivity index (χ2n) is 13.6. The molecule has 52 heavy (non-hydrogen) atoms. The Morgan fingerprint density at radius 2 is 0.788 bits per heavy atom. The molecule has 4 heterocycles. The van der Waals surface area contributed by atoms with E-state index in [1.807, 2.05) is 117 Å². The van der Waals surface area contributed by atoms with Crippen LogP contribution in [0.15, 0.2) is 48.3 Å². The van der Waals surface area contributed by atoms with Gasteiger partial charge in [0, 0.05) is 43.2 Å². The Bertz CT molecular complexity index is 1740. The molecule has 0 spiro atoms. The van der Waals surface area contributed by atoms with Gasteiger partial charge in [0.25, 0.3) is 0 Å². The number of hydrogen-bond acceptors (Lipinski definition) is 10. The minimum atomic E-state index is 1.19. The van der Waals surface area contributed by atoms with Crippen molar-refractivity contribution in [1.82, 2.24) is 0 Å². The number of aryl methyl sites for hydroxylation is 2. The molecule has 0 bridgehead atoms. The minimum Gasteiger partial charge on any atom is -0.143 e. The largest absolute Gasteiger partial charge is 0.143 e. The van der Waals surface area contributed by atoms with E-state index in [0.717, 1.165) is 0 Å². The Kier molecular flexibility index (Phi) is 15.0. The number of hydrogen-bond donors (Lipinski definition) is 0. The molecule has 10 heteroatoms. The van der Waals surface area contributed by atoms with Crippen LogP contribution >= 0.6 is 117 Å². The molecule has 2 aromatic heterocycles. The lowest BCUT2D eigenvalue weighted by molar-refractivity contribution is 0.608. The van der Waals surface area contributed by atoms with E-state index in [9.17, 15) is 0 Å². The summed E-state index contributed by atoms with van der Waals surface area (Å²) in [6.07, 6.45) is 27.5. The summed E-state index contributed by atoms with van der Waals surface area (Å²) in [4.78, 5) is 3.02. The molecule has 0 amide bonds. The molecular weight excluding hydrogens is 825 g/mol. The van der Waals surface area contributed by atoms with Crippen molar-refractivity contribution < 1.29 is 0 Å². The predicted molar refractivity (Wildman–Crippen MR) is 258 cm³/mol. The molecule has 3 aromatic rings. The molecule has 0 fully saturated rings. The summed E-state index contributed by atoms with van der Waals surface area (Å²) >= 11 is 19.8. The molecule has 4 aliphatic rings. The van der Waals surface area contributed by atoms with Crippen LogP contribution < -0.4 is 0 Å². The average Bonchev–Trinajstić information content (AvgIpc) is 4.01. The van der Waals surface area contributed by atoms with Crippen LogP contribution in [0.5, 0.6) is 0 Å². The molecule has 0 saturated carbocycles. The molecule has 1 aromatic carbocycles. The predicted octanol–water partition coefficient (Wildman–Crippen LogP) is 17.7. The van der Waals surface area contributed by atoms with Gasteiger partial charge in [-0.15, -0.1) is 69.7 Å². The Balaban J connectivity index is 1.31. The number of unbranched alkanes of at least 4 members (excludes halogenated alkanes) is 10. The zero-order valence-corrected chi connectivity index (χ0v) is 39.5. The lowest BCUT2D eigenvalue weighted by Crippen LogP contribution is -1.93. The van der Waals surface area contributed by atoms with Crippen LogP contribution in [0, 0.1) is 0 Å².